The Balaban J connectivity index is 1.17. The van der Waals surface area contributed by atoms with Crippen molar-refractivity contribution in [2.45, 2.75) is 0 Å². The molecule has 0 radical (unpaired) electrons. The fourth-order valence-electron chi connectivity index (χ4n) is 7.64. The highest BCUT2D eigenvalue weighted by atomic mass is 16.3. The van der Waals surface area contributed by atoms with Crippen molar-refractivity contribution >= 4 is 65.6 Å². The maximum atomic E-state index is 9.78. The number of fused-ring (bicyclic) bond motifs is 10. The summed E-state index contributed by atoms with van der Waals surface area (Å²) in [6.45, 7) is 0. The Morgan fingerprint density at radius 1 is 0.429 bits per heavy atom. The lowest BCUT2D eigenvalue weighted by molar-refractivity contribution is 0.671. The molecule has 3 heterocycles. The van der Waals surface area contributed by atoms with Crippen molar-refractivity contribution in [3.8, 4) is 34.6 Å². The van der Waals surface area contributed by atoms with Crippen molar-refractivity contribution in [3.63, 3.8) is 0 Å². The Labute approximate surface area is 280 Å². The van der Waals surface area contributed by atoms with Crippen LogP contribution in [0.3, 0.4) is 0 Å². The molecule has 0 aliphatic carbocycles. The van der Waals surface area contributed by atoms with E-state index in [0.29, 0.717) is 16.7 Å². The van der Waals surface area contributed by atoms with E-state index >= 15 is 0 Å². The van der Waals surface area contributed by atoms with Gasteiger partial charge in [0.15, 0.2) is 5.58 Å². The third kappa shape index (κ3) is 3.85. The van der Waals surface area contributed by atoms with Crippen LogP contribution in [0.1, 0.15) is 11.1 Å². The predicted molar refractivity (Wildman–Crippen MR) is 197 cm³/mol. The fraction of sp³-hybridized carbons (Fsp3) is 0. The topological polar surface area (TPSA) is 70.6 Å². The standard InChI is InChI=1S/C44H24N4O/c45-25-27-18-20-40-37(22-27)33-13-1-3-16-38(33)47(40)31-11-5-8-28(23-31)29-9-6-12-32(24-29)48-39-17-4-2-14-36(39)42-41(48)21-19-35-34-15-7-10-30(26-46)43(34)49-44(35)42/h1-24H. The van der Waals surface area contributed by atoms with E-state index in [1.807, 2.05) is 36.4 Å². The zero-order valence-electron chi connectivity index (χ0n) is 26.1. The van der Waals surface area contributed by atoms with Gasteiger partial charge in [0.05, 0.1) is 44.6 Å². The van der Waals surface area contributed by atoms with E-state index in [-0.39, 0.29) is 0 Å². The number of hydrogen-bond acceptors (Lipinski definition) is 3. The number of furan rings is 1. The summed E-state index contributed by atoms with van der Waals surface area (Å²) in [6.07, 6.45) is 0. The van der Waals surface area contributed by atoms with Crippen molar-refractivity contribution in [2.75, 3.05) is 0 Å². The molecule has 49 heavy (non-hydrogen) atoms. The molecule has 0 unspecified atom stereocenters. The fourth-order valence-corrected chi connectivity index (χ4v) is 7.64. The van der Waals surface area contributed by atoms with Crippen LogP contribution in [0.15, 0.2) is 150 Å². The Hall–Kier alpha value is -7.08. The largest absolute Gasteiger partial charge is 0.454 e. The van der Waals surface area contributed by atoms with Gasteiger partial charge in [-0.25, -0.2) is 0 Å². The van der Waals surface area contributed by atoms with Crippen molar-refractivity contribution in [3.05, 3.63) is 157 Å². The van der Waals surface area contributed by atoms with Crippen molar-refractivity contribution in [2.24, 2.45) is 0 Å². The first kappa shape index (κ1) is 27.1. The van der Waals surface area contributed by atoms with Crippen molar-refractivity contribution in [1.82, 2.24) is 9.13 Å². The molecule has 5 heteroatoms. The molecular weight excluding hydrogens is 601 g/mol. The monoisotopic (exact) mass is 624 g/mol. The number of nitriles is 2. The van der Waals surface area contributed by atoms with Crippen LogP contribution in [-0.2, 0) is 0 Å². The minimum atomic E-state index is 0.536. The van der Waals surface area contributed by atoms with E-state index < -0.39 is 0 Å². The number of aromatic nitrogens is 2. The molecule has 0 aliphatic heterocycles. The van der Waals surface area contributed by atoms with Gasteiger partial charge in [-0.1, -0.05) is 72.8 Å². The van der Waals surface area contributed by atoms with Gasteiger partial charge in [-0.2, -0.15) is 10.5 Å². The molecule has 0 saturated carbocycles. The Morgan fingerprint density at radius 3 is 1.76 bits per heavy atom. The van der Waals surface area contributed by atoms with E-state index in [1.165, 1.54) is 0 Å². The number of nitrogens with zero attached hydrogens (tertiary/aromatic N) is 4. The average Bonchev–Trinajstić information content (AvgIpc) is 3.82. The molecular formula is C44H24N4O. The first-order chi connectivity index (χ1) is 24.2. The van der Waals surface area contributed by atoms with Crippen LogP contribution in [-0.4, -0.2) is 9.13 Å². The highest BCUT2D eigenvalue weighted by molar-refractivity contribution is 6.24. The maximum absolute atomic E-state index is 9.78. The zero-order chi connectivity index (χ0) is 32.6. The summed E-state index contributed by atoms with van der Waals surface area (Å²) in [5.74, 6) is 0. The second kappa shape index (κ2) is 10.2. The summed E-state index contributed by atoms with van der Waals surface area (Å²) < 4.78 is 11.1. The van der Waals surface area contributed by atoms with Gasteiger partial charge in [0, 0.05) is 38.3 Å². The molecule has 3 aromatic heterocycles. The van der Waals surface area contributed by atoms with Gasteiger partial charge in [-0.3, -0.25) is 0 Å². The molecule has 0 bridgehead atoms. The van der Waals surface area contributed by atoms with Gasteiger partial charge in [0.1, 0.15) is 11.7 Å². The molecule has 0 fully saturated rings. The summed E-state index contributed by atoms with van der Waals surface area (Å²) in [5.41, 5.74) is 11.2. The predicted octanol–water partition coefficient (Wildman–Crippen LogP) is 11.2. The van der Waals surface area contributed by atoms with Crippen LogP contribution >= 0.6 is 0 Å². The van der Waals surface area contributed by atoms with Crippen molar-refractivity contribution in [1.29, 1.82) is 10.5 Å². The SMILES string of the molecule is N#Cc1ccc2c(c1)c1ccccc1n2-c1cccc(-c2cccc(-n3c4ccccc4c4c5oc6c(C#N)cccc6c5ccc43)c2)c1. The van der Waals surface area contributed by atoms with Gasteiger partial charge < -0.3 is 13.6 Å². The minimum absolute atomic E-state index is 0.536. The molecule has 0 amide bonds. The average molecular weight is 625 g/mol. The van der Waals surface area contributed by atoms with Gasteiger partial charge in [-0.05, 0) is 83.9 Å². The quantitative estimate of drug-likeness (QED) is 0.196. The van der Waals surface area contributed by atoms with E-state index in [9.17, 15) is 10.5 Å². The number of benzene rings is 7. The normalized spacial score (nSPS) is 11.6. The molecule has 0 atom stereocenters. The number of hydrogen-bond donors (Lipinski definition) is 0. The van der Waals surface area contributed by atoms with Gasteiger partial charge >= 0.3 is 0 Å². The van der Waals surface area contributed by atoms with Crippen LogP contribution in [0.2, 0.25) is 0 Å². The van der Waals surface area contributed by atoms with E-state index in [4.69, 9.17) is 4.42 Å². The van der Waals surface area contributed by atoms with Crippen LogP contribution in [0.25, 0.3) is 88.1 Å². The number of para-hydroxylation sites is 3. The Morgan fingerprint density at radius 2 is 1.02 bits per heavy atom. The second-order valence-electron chi connectivity index (χ2n) is 12.4. The smallest absolute Gasteiger partial charge is 0.153 e. The highest BCUT2D eigenvalue weighted by Crippen LogP contribution is 2.42. The molecule has 226 valence electrons. The summed E-state index contributed by atoms with van der Waals surface area (Å²) in [4.78, 5) is 0. The summed E-state index contributed by atoms with van der Waals surface area (Å²) in [7, 11) is 0. The molecule has 0 spiro atoms. The second-order valence-corrected chi connectivity index (χ2v) is 12.4. The lowest BCUT2D eigenvalue weighted by Crippen LogP contribution is -1.96. The molecule has 0 N–H and O–H groups in total. The van der Waals surface area contributed by atoms with Crippen LogP contribution in [0.4, 0.5) is 0 Å². The molecule has 0 saturated heterocycles. The van der Waals surface area contributed by atoms with E-state index in [2.05, 4.69) is 124 Å². The van der Waals surface area contributed by atoms with Gasteiger partial charge in [-0.15, -0.1) is 0 Å². The highest BCUT2D eigenvalue weighted by Gasteiger charge is 2.20. The Kier molecular flexibility index (Phi) is 5.64. The maximum Gasteiger partial charge on any atom is 0.153 e. The van der Waals surface area contributed by atoms with Crippen molar-refractivity contribution < 1.29 is 4.42 Å². The first-order valence-electron chi connectivity index (χ1n) is 16.1. The van der Waals surface area contributed by atoms with Gasteiger partial charge in [0.25, 0.3) is 0 Å². The van der Waals surface area contributed by atoms with E-state index in [1.54, 1.807) is 6.07 Å². The first-order valence-corrected chi connectivity index (χ1v) is 16.1. The Bertz CT molecular complexity index is 3090. The lowest BCUT2D eigenvalue weighted by atomic mass is 10.0. The third-order valence-corrected chi connectivity index (χ3v) is 9.76. The molecule has 7 aromatic carbocycles. The minimum Gasteiger partial charge on any atom is -0.454 e. The number of rotatable bonds is 3. The molecule has 10 rings (SSSR count). The zero-order valence-corrected chi connectivity index (χ0v) is 26.1. The summed E-state index contributed by atoms with van der Waals surface area (Å²) in [5, 5.41) is 25.6. The van der Waals surface area contributed by atoms with Crippen LogP contribution in [0, 0.1) is 22.7 Å². The third-order valence-electron chi connectivity index (χ3n) is 9.76. The summed E-state index contributed by atoms with van der Waals surface area (Å²) >= 11 is 0. The molecule has 0 aliphatic rings. The molecule has 10 aromatic rings. The van der Waals surface area contributed by atoms with Crippen LogP contribution in [0.5, 0.6) is 0 Å². The lowest BCUT2D eigenvalue weighted by Gasteiger charge is -2.12. The van der Waals surface area contributed by atoms with E-state index in [0.717, 1.165) is 82.5 Å². The summed E-state index contributed by atoms with van der Waals surface area (Å²) in [6, 6.07) is 54.6. The van der Waals surface area contributed by atoms with Gasteiger partial charge in [0.2, 0.25) is 0 Å². The molecule has 5 nitrogen and oxygen atoms in total. The van der Waals surface area contributed by atoms with Crippen LogP contribution < -0.4 is 0 Å².